The number of rotatable bonds is 10. The van der Waals surface area contributed by atoms with Gasteiger partial charge in [-0.15, -0.1) is 11.3 Å². The number of methoxy groups -OCH3 is 1. The fourth-order valence-electron chi connectivity index (χ4n) is 4.26. The molecular formula is C26H26N2O6S. The van der Waals surface area contributed by atoms with Crippen LogP contribution >= 0.6 is 11.3 Å². The number of nitrogens with one attached hydrogen (secondary N) is 2. The maximum Gasteiger partial charge on any atom is 0.407 e. The number of thiophene rings is 1. The van der Waals surface area contributed by atoms with Crippen molar-refractivity contribution in [1.82, 2.24) is 10.6 Å². The van der Waals surface area contributed by atoms with Crippen LogP contribution in [-0.4, -0.2) is 49.4 Å². The van der Waals surface area contributed by atoms with Crippen molar-refractivity contribution >= 4 is 29.3 Å². The second-order valence-electron chi connectivity index (χ2n) is 8.11. The van der Waals surface area contributed by atoms with Crippen molar-refractivity contribution in [3.63, 3.8) is 0 Å². The lowest BCUT2D eigenvalue weighted by atomic mass is 9.98. The maximum atomic E-state index is 12.7. The Hall–Kier alpha value is -3.69. The number of hydrogen-bond donors (Lipinski definition) is 3. The molecule has 0 saturated heterocycles. The van der Waals surface area contributed by atoms with Crippen molar-refractivity contribution in [3.8, 4) is 11.1 Å². The summed E-state index contributed by atoms with van der Waals surface area (Å²) in [6.45, 7) is 0.0337. The number of benzene rings is 2. The van der Waals surface area contributed by atoms with Gasteiger partial charge in [0.2, 0.25) is 0 Å². The first-order valence-electron chi connectivity index (χ1n) is 11.1. The summed E-state index contributed by atoms with van der Waals surface area (Å²) in [5.41, 5.74) is 4.48. The molecule has 0 fully saturated rings. The van der Waals surface area contributed by atoms with Crippen LogP contribution in [0.2, 0.25) is 0 Å². The number of carbonyl (C=O) groups is 3. The zero-order chi connectivity index (χ0) is 24.8. The summed E-state index contributed by atoms with van der Waals surface area (Å²) in [7, 11) is 1.35. The lowest BCUT2D eigenvalue weighted by Crippen LogP contribution is -2.45. The third kappa shape index (κ3) is 5.70. The highest BCUT2D eigenvalue weighted by Gasteiger charge is 2.29. The van der Waals surface area contributed by atoms with E-state index in [2.05, 4.69) is 22.8 Å². The molecular weight excluding hydrogens is 468 g/mol. The molecule has 182 valence electrons. The predicted molar refractivity (Wildman–Crippen MR) is 131 cm³/mol. The van der Waals surface area contributed by atoms with Gasteiger partial charge in [-0.05, 0) is 33.7 Å². The summed E-state index contributed by atoms with van der Waals surface area (Å²) in [5, 5.41) is 16.3. The molecule has 2 atom stereocenters. The minimum absolute atomic E-state index is 0.0720. The van der Waals surface area contributed by atoms with Gasteiger partial charge in [-0.1, -0.05) is 54.6 Å². The van der Waals surface area contributed by atoms with Gasteiger partial charge in [-0.2, -0.15) is 0 Å². The Bertz CT molecular complexity index is 1150. The lowest BCUT2D eigenvalue weighted by molar-refractivity contribution is -0.138. The average Bonchev–Trinajstić information content (AvgIpc) is 3.49. The summed E-state index contributed by atoms with van der Waals surface area (Å²) in [4.78, 5) is 37.1. The van der Waals surface area contributed by atoms with Gasteiger partial charge in [0.1, 0.15) is 6.61 Å². The van der Waals surface area contributed by atoms with Gasteiger partial charge >= 0.3 is 12.1 Å². The number of hydrogen-bond acceptors (Lipinski definition) is 6. The molecule has 0 bridgehead atoms. The standard InChI is InChI=1S/C26H26N2O6S/c1-33-22(25(31)28-21(13-24(29)30)23-11-6-12-35-23)14-27-26(32)34-15-20-18-9-4-2-7-16(18)17-8-3-5-10-19(17)20/h2-12,20-22H,13-15H2,1H3,(H,27,32)(H,28,31)(H,29,30). The Morgan fingerprint density at radius 2 is 1.66 bits per heavy atom. The number of alkyl carbamates (subject to hydrolysis) is 1. The first-order chi connectivity index (χ1) is 17.0. The average molecular weight is 495 g/mol. The van der Waals surface area contributed by atoms with Gasteiger partial charge in [0, 0.05) is 17.9 Å². The van der Waals surface area contributed by atoms with E-state index < -0.39 is 30.1 Å². The second kappa shape index (κ2) is 11.2. The van der Waals surface area contributed by atoms with Crippen LogP contribution in [0, 0.1) is 0 Å². The molecule has 9 heteroatoms. The van der Waals surface area contributed by atoms with E-state index in [0.717, 1.165) is 27.1 Å². The largest absolute Gasteiger partial charge is 0.481 e. The highest BCUT2D eigenvalue weighted by Crippen LogP contribution is 2.44. The SMILES string of the molecule is COC(CNC(=O)OCC1c2ccccc2-c2ccccc21)C(=O)NC(CC(=O)O)c1cccs1. The van der Waals surface area contributed by atoms with Crippen molar-refractivity contribution in [2.24, 2.45) is 0 Å². The normalized spacial score (nSPS) is 13.9. The van der Waals surface area contributed by atoms with Crippen LogP contribution in [0.15, 0.2) is 66.0 Å². The van der Waals surface area contributed by atoms with E-state index in [4.69, 9.17) is 9.47 Å². The Morgan fingerprint density at radius 3 is 2.23 bits per heavy atom. The molecule has 1 heterocycles. The number of aliphatic carboxylic acids is 1. The fourth-order valence-corrected chi connectivity index (χ4v) is 5.04. The molecule has 0 saturated carbocycles. The van der Waals surface area contributed by atoms with E-state index in [0.29, 0.717) is 0 Å². The van der Waals surface area contributed by atoms with E-state index in [1.54, 1.807) is 12.1 Å². The minimum Gasteiger partial charge on any atom is -0.481 e. The summed E-state index contributed by atoms with van der Waals surface area (Å²) in [6, 6.07) is 19.0. The summed E-state index contributed by atoms with van der Waals surface area (Å²) < 4.78 is 10.7. The van der Waals surface area contributed by atoms with Gasteiger partial charge in [0.15, 0.2) is 6.10 Å². The number of amides is 2. The number of fused-ring (bicyclic) bond motifs is 3. The van der Waals surface area contributed by atoms with Crippen LogP contribution in [0.4, 0.5) is 4.79 Å². The molecule has 3 aromatic rings. The van der Waals surface area contributed by atoms with Crippen molar-refractivity contribution in [2.45, 2.75) is 24.5 Å². The molecule has 2 unspecified atom stereocenters. The van der Waals surface area contributed by atoms with Crippen LogP contribution in [0.25, 0.3) is 11.1 Å². The molecule has 0 spiro atoms. The quantitative estimate of drug-likeness (QED) is 0.394. The van der Waals surface area contributed by atoms with E-state index in [-0.39, 0.29) is 25.5 Å². The molecule has 8 nitrogen and oxygen atoms in total. The molecule has 1 aliphatic rings. The minimum atomic E-state index is -1.03. The zero-order valence-corrected chi connectivity index (χ0v) is 19.9. The molecule has 2 aromatic carbocycles. The molecule has 0 radical (unpaired) electrons. The maximum absolute atomic E-state index is 12.7. The lowest BCUT2D eigenvalue weighted by Gasteiger charge is -2.21. The number of ether oxygens (including phenoxy) is 2. The monoisotopic (exact) mass is 494 g/mol. The highest BCUT2D eigenvalue weighted by atomic mass is 32.1. The number of carboxylic acid groups (broad SMARTS) is 1. The summed E-state index contributed by atoms with van der Waals surface area (Å²) in [5.74, 6) is -1.63. The molecule has 0 aliphatic heterocycles. The van der Waals surface area contributed by atoms with Crippen molar-refractivity contribution in [2.75, 3.05) is 20.3 Å². The zero-order valence-electron chi connectivity index (χ0n) is 19.1. The number of carboxylic acids is 1. The van der Waals surface area contributed by atoms with E-state index in [9.17, 15) is 19.5 Å². The van der Waals surface area contributed by atoms with Gasteiger partial charge in [0.25, 0.3) is 5.91 Å². The molecule has 4 rings (SSSR count). The number of carbonyl (C=O) groups excluding carboxylic acids is 2. The predicted octanol–water partition coefficient (Wildman–Crippen LogP) is 3.93. The van der Waals surface area contributed by atoms with Crippen molar-refractivity contribution in [3.05, 3.63) is 82.0 Å². The van der Waals surface area contributed by atoms with Crippen molar-refractivity contribution in [1.29, 1.82) is 0 Å². The Kier molecular flexibility index (Phi) is 7.79. The third-order valence-corrected chi connectivity index (χ3v) is 6.92. The molecule has 1 aromatic heterocycles. The first-order valence-corrected chi connectivity index (χ1v) is 12.0. The third-order valence-electron chi connectivity index (χ3n) is 5.93. The highest BCUT2D eigenvalue weighted by molar-refractivity contribution is 7.10. The first kappa shape index (κ1) is 24.4. The smallest absolute Gasteiger partial charge is 0.407 e. The molecule has 35 heavy (non-hydrogen) atoms. The van der Waals surface area contributed by atoms with E-state index >= 15 is 0 Å². The Morgan fingerprint density at radius 1 is 1.00 bits per heavy atom. The second-order valence-corrected chi connectivity index (χ2v) is 9.08. The van der Waals surface area contributed by atoms with E-state index in [1.807, 2.05) is 41.8 Å². The Labute approximate surface area is 206 Å². The van der Waals surface area contributed by atoms with Crippen LogP contribution in [-0.2, 0) is 19.1 Å². The van der Waals surface area contributed by atoms with Gasteiger partial charge < -0.3 is 25.2 Å². The fraction of sp³-hybridized carbons (Fsp3) is 0.269. The van der Waals surface area contributed by atoms with Crippen LogP contribution < -0.4 is 10.6 Å². The van der Waals surface area contributed by atoms with Crippen LogP contribution in [0.1, 0.15) is 34.4 Å². The van der Waals surface area contributed by atoms with Gasteiger partial charge in [0.05, 0.1) is 19.0 Å². The van der Waals surface area contributed by atoms with Crippen molar-refractivity contribution < 1.29 is 29.0 Å². The van der Waals surface area contributed by atoms with Gasteiger partial charge in [-0.25, -0.2) is 4.79 Å². The Balaban J connectivity index is 1.32. The van der Waals surface area contributed by atoms with Gasteiger partial charge in [-0.3, -0.25) is 9.59 Å². The topological polar surface area (TPSA) is 114 Å². The van der Waals surface area contributed by atoms with Crippen LogP contribution in [0.3, 0.4) is 0 Å². The van der Waals surface area contributed by atoms with Crippen LogP contribution in [0.5, 0.6) is 0 Å². The molecule has 1 aliphatic carbocycles. The summed E-state index contributed by atoms with van der Waals surface area (Å²) >= 11 is 1.35. The molecule has 3 N–H and O–H groups in total. The molecule has 2 amide bonds. The van der Waals surface area contributed by atoms with E-state index in [1.165, 1.54) is 18.4 Å². The summed E-state index contributed by atoms with van der Waals surface area (Å²) in [6.07, 6.45) is -1.93.